The van der Waals surface area contributed by atoms with Crippen LogP contribution in [0.5, 0.6) is 23.0 Å². The maximum Gasteiger partial charge on any atom is 0.412 e. The Balaban J connectivity index is 1.80. The van der Waals surface area contributed by atoms with Gasteiger partial charge in [0.1, 0.15) is 6.10 Å². The highest BCUT2D eigenvalue weighted by Gasteiger charge is 2.34. The Hall–Kier alpha value is -3.88. The Morgan fingerprint density at radius 3 is 2.64 bits per heavy atom. The molecule has 0 spiro atoms. The van der Waals surface area contributed by atoms with Gasteiger partial charge in [0.05, 0.1) is 7.11 Å². The fourth-order valence-corrected chi connectivity index (χ4v) is 3.55. The molecule has 3 N–H and O–H groups in total. The molecule has 1 atom stereocenters. The van der Waals surface area contributed by atoms with Gasteiger partial charge in [-0.2, -0.15) is 0 Å². The van der Waals surface area contributed by atoms with Crippen molar-refractivity contribution in [1.82, 2.24) is 0 Å². The van der Waals surface area contributed by atoms with Crippen molar-refractivity contribution in [3.63, 3.8) is 0 Å². The molecule has 1 aliphatic rings. The number of carboxylic acid groups (broad SMARTS) is 1. The molecule has 9 heteroatoms. The van der Waals surface area contributed by atoms with Crippen molar-refractivity contribution in [3.05, 3.63) is 54.1 Å². The molecule has 1 heterocycles. The zero-order valence-electron chi connectivity index (χ0n) is 18.7. The summed E-state index contributed by atoms with van der Waals surface area (Å²) in [4.78, 5) is 23.5. The van der Waals surface area contributed by atoms with Gasteiger partial charge in [0.2, 0.25) is 6.79 Å². The molecule has 0 aliphatic carbocycles. The number of benzene rings is 2. The topological polar surface area (TPSA) is 124 Å². The van der Waals surface area contributed by atoms with E-state index in [1.54, 1.807) is 36.4 Å². The van der Waals surface area contributed by atoms with Crippen molar-refractivity contribution >= 4 is 17.7 Å². The zero-order valence-corrected chi connectivity index (χ0v) is 18.7. The maximum absolute atomic E-state index is 12.8. The Kier molecular flexibility index (Phi) is 7.32. The summed E-state index contributed by atoms with van der Waals surface area (Å²) in [5, 5.41) is 21.8. The molecule has 0 unspecified atom stereocenters. The van der Waals surface area contributed by atoms with E-state index in [0.717, 1.165) is 6.08 Å². The van der Waals surface area contributed by atoms with Crippen molar-refractivity contribution in [2.45, 2.75) is 32.8 Å². The number of fused-ring (bicyclic) bond motifs is 1. The van der Waals surface area contributed by atoms with E-state index in [9.17, 15) is 14.7 Å². The molecule has 33 heavy (non-hydrogen) atoms. The molecule has 0 saturated carbocycles. The van der Waals surface area contributed by atoms with Crippen LogP contribution in [0.25, 0.3) is 0 Å². The third kappa shape index (κ3) is 6.09. The third-order valence-corrected chi connectivity index (χ3v) is 5.28. The second kappa shape index (κ2) is 10.2. The molecule has 0 fully saturated rings. The Morgan fingerprint density at radius 1 is 1.18 bits per heavy atom. The lowest BCUT2D eigenvalue weighted by atomic mass is 9.78. The maximum atomic E-state index is 12.8. The Labute approximate surface area is 191 Å². The van der Waals surface area contributed by atoms with Gasteiger partial charge in [0.15, 0.2) is 23.0 Å². The molecule has 2 aromatic rings. The molecule has 1 amide bonds. The molecule has 3 rings (SSSR count). The molecule has 0 radical (unpaired) electrons. The van der Waals surface area contributed by atoms with Gasteiger partial charge in [-0.05, 0) is 42.7 Å². The number of carbonyl (C=O) groups is 2. The lowest BCUT2D eigenvalue weighted by Crippen LogP contribution is -2.29. The minimum absolute atomic E-state index is 0.0821. The monoisotopic (exact) mass is 457 g/mol. The molecular formula is C24H27NO8. The van der Waals surface area contributed by atoms with Crippen molar-refractivity contribution in [2.75, 3.05) is 19.2 Å². The number of carboxylic acids is 1. The standard InChI is InChI=1S/C24H27NO8/c1-24(2,11-5-4-6-21(27)28)22(15-7-9-18(30-3)17(26)12-15)33-23(29)25-16-8-10-19-20(13-16)32-14-31-19/h4,6-10,12-13,22,26H,5,11,14H2,1-3H3,(H,25,29)(H,27,28)/b6-4+/t22-/m0/s1. The first-order valence-electron chi connectivity index (χ1n) is 10.3. The number of amides is 1. The fourth-order valence-electron chi connectivity index (χ4n) is 3.55. The van der Waals surface area contributed by atoms with Crippen LogP contribution in [0.15, 0.2) is 48.6 Å². The van der Waals surface area contributed by atoms with E-state index in [1.165, 1.54) is 13.2 Å². The average molecular weight is 457 g/mol. The number of anilines is 1. The van der Waals surface area contributed by atoms with Gasteiger partial charge in [0, 0.05) is 23.2 Å². The van der Waals surface area contributed by atoms with Crippen LogP contribution >= 0.6 is 0 Å². The smallest absolute Gasteiger partial charge is 0.412 e. The molecule has 0 bridgehead atoms. The molecule has 9 nitrogen and oxygen atoms in total. The average Bonchev–Trinajstić information content (AvgIpc) is 3.23. The summed E-state index contributed by atoms with van der Waals surface area (Å²) in [6.07, 6.45) is 2.18. The molecule has 176 valence electrons. The van der Waals surface area contributed by atoms with Crippen LogP contribution in [0.3, 0.4) is 0 Å². The summed E-state index contributed by atoms with van der Waals surface area (Å²) in [5.41, 5.74) is 0.444. The second-order valence-electron chi connectivity index (χ2n) is 8.18. The lowest BCUT2D eigenvalue weighted by Gasteiger charge is -2.34. The van der Waals surface area contributed by atoms with Gasteiger partial charge < -0.3 is 29.2 Å². The molecular weight excluding hydrogens is 430 g/mol. The number of carbonyl (C=O) groups excluding carboxylic acids is 1. The predicted octanol–water partition coefficient (Wildman–Crippen LogP) is 4.87. The van der Waals surface area contributed by atoms with E-state index in [0.29, 0.717) is 41.3 Å². The summed E-state index contributed by atoms with van der Waals surface area (Å²) in [6, 6.07) is 9.80. The van der Waals surface area contributed by atoms with Crippen molar-refractivity contribution in [1.29, 1.82) is 0 Å². The van der Waals surface area contributed by atoms with E-state index >= 15 is 0 Å². The Morgan fingerprint density at radius 2 is 1.94 bits per heavy atom. The number of allylic oxidation sites excluding steroid dienone is 1. The van der Waals surface area contributed by atoms with Crippen LogP contribution < -0.4 is 19.5 Å². The predicted molar refractivity (Wildman–Crippen MR) is 120 cm³/mol. The summed E-state index contributed by atoms with van der Waals surface area (Å²) in [6.45, 7) is 3.93. The summed E-state index contributed by atoms with van der Waals surface area (Å²) in [7, 11) is 1.44. The van der Waals surface area contributed by atoms with Crippen molar-refractivity contribution in [2.24, 2.45) is 5.41 Å². The SMILES string of the molecule is COc1ccc([C@H](OC(=O)Nc2ccc3c(c2)OCO3)C(C)(C)CC/C=C/C(=O)O)cc1O. The number of methoxy groups -OCH3 is 1. The van der Waals surface area contributed by atoms with Gasteiger partial charge in [-0.15, -0.1) is 0 Å². The second-order valence-corrected chi connectivity index (χ2v) is 8.18. The Bertz CT molecular complexity index is 1050. The largest absolute Gasteiger partial charge is 0.504 e. The van der Waals surface area contributed by atoms with Crippen molar-refractivity contribution in [3.8, 4) is 23.0 Å². The minimum atomic E-state index is -1.02. The van der Waals surface area contributed by atoms with Crippen molar-refractivity contribution < 1.29 is 38.7 Å². The number of nitrogens with one attached hydrogen (secondary N) is 1. The molecule has 0 aromatic heterocycles. The number of phenols is 1. The van der Waals surface area contributed by atoms with Gasteiger partial charge >= 0.3 is 12.1 Å². The van der Waals surface area contributed by atoms with E-state index in [1.807, 2.05) is 13.8 Å². The first-order valence-corrected chi connectivity index (χ1v) is 10.3. The lowest BCUT2D eigenvalue weighted by molar-refractivity contribution is -0.131. The minimum Gasteiger partial charge on any atom is -0.504 e. The van der Waals surface area contributed by atoms with E-state index in [2.05, 4.69) is 5.32 Å². The number of hydrogen-bond acceptors (Lipinski definition) is 7. The summed E-state index contributed by atoms with van der Waals surface area (Å²) >= 11 is 0. The van der Waals surface area contributed by atoms with Gasteiger partial charge in [-0.25, -0.2) is 9.59 Å². The van der Waals surface area contributed by atoms with E-state index in [-0.39, 0.29) is 12.5 Å². The van der Waals surface area contributed by atoms with Crippen LogP contribution in [0.2, 0.25) is 0 Å². The highest BCUT2D eigenvalue weighted by molar-refractivity contribution is 5.85. The van der Waals surface area contributed by atoms with Crippen LogP contribution in [-0.2, 0) is 9.53 Å². The van der Waals surface area contributed by atoms with E-state index < -0.39 is 23.6 Å². The number of ether oxygens (including phenoxy) is 4. The van der Waals surface area contributed by atoms with Crippen LogP contribution in [-0.4, -0.2) is 36.2 Å². The molecule has 0 saturated heterocycles. The number of rotatable bonds is 9. The first kappa shape index (κ1) is 23.8. The third-order valence-electron chi connectivity index (χ3n) is 5.28. The zero-order chi connectivity index (χ0) is 24.0. The summed E-state index contributed by atoms with van der Waals surface area (Å²) in [5.74, 6) is 0.306. The van der Waals surface area contributed by atoms with Crippen LogP contribution in [0, 0.1) is 5.41 Å². The number of hydrogen-bond donors (Lipinski definition) is 3. The summed E-state index contributed by atoms with van der Waals surface area (Å²) < 4.78 is 21.5. The van der Waals surface area contributed by atoms with Crippen LogP contribution in [0.1, 0.15) is 38.4 Å². The van der Waals surface area contributed by atoms with Gasteiger partial charge in [0.25, 0.3) is 0 Å². The first-order chi connectivity index (χ1) is 15.7. The highest BCUT2D eigenvalue weighted by atomic mass is 16.7. The normalized spacial score (nSPS) is 13.5. The van der Waals surface area contributed by atoms with Gasteiger partial charge in [-0.1, -0.05) is 26.0 Å². The highest BCUT2D eigenvalue weighted by Crippen LogP contribution is 2.43. The fraction of sp³-hybridized carbons (Fsp3) is 0.333. The number of phenolic OH excluding ortho intramolecular Hbond substituents is 1. The quantitative estimate of drug-likeness (QED) is 0.456. The van der Waals surface area contributed by atoms with Gasteiger partial charge in [-0.3, -0.25) is 5.32 Å². The number of aliphatic carboxylic acids is 1. The van der Waals surface area contributed by atoms with E-state index in [4.69, 9.17) is 24.1 Å². The molecule has 2 aromatic carbocycles. The molecule has 1 aliphatic heterocycles. The number of aromatic hydroxyl groups is 1. The van der Waals surface area contributed by atoms with Crippen LogP contribution in [0.4, 0.5) is 10.5 Å².